The Labute approximate surface area is 132 Å². The zero-order valence-corrected chi connectivity index (χ0v) is 13.3. The number of hydrogen-bond acceptors (Lipinski definition) is 4. The van der Waals surface area contributed by atoms with Gasteiger partial charge in [0.2, 0.25) is 5.91 Å². The van der Waals surface area contributed by atoms with E-state index in [1.807, 2.05) is 9.80 Å². The Morgan fingerprint density at radius 3 is 2.45 bits per heavy atom. The van der Waals surface area contributed by atoms with E-state index in [-0.39, 0.29) is 17.9 Å². The van der Waals surface area contributed by atoms with E-state index in [1.54, 1.807) is 0 Å². The van der Waals surface area contributed by atoms with Gasteiger partial charge in [-0.3, -0.25) is 9.59 Å². The predicted molar refractivity (Wildman–Crippen MR) is 82.4 cm³/mol. The van der Waals surface area contributed by atoms with Crippen LogP contribution in [0.5, 0.6) is 0 Å². The molecule has 0 aromatic heterocycles. The molecule has 0 aromatic carbocycles. The van der Waals surface area contributed by atoms with Gasteiger partial charge in [0.15, 0.2) is 0 Å². The van der Waals surface area contributed by atoms with Gasteiger partial charge in [-0.15, -0.1) is 0 Å². The van der Waals surface area contributed by atoms with Crippen LogP contribution in [0.25, 0.3) is 0 Å². The van der Waals surface area contributed by atoms with E-state index in [0.29, 0.717) is 45.2 Å². The molecule has 22 heavy (non-hydrogen) atoms. The van der Waals surface area contributed by atoms with Crippen molar-refractivity contribution in [2.75, 3.05) is 39.3 Å². The number of rotatable bonds is 4. The first-order valence-corrected chi connectivity index (χ1v) is 8.65. The molecule has 2 unspecified atom stereocenters. The second-order valence-electron chi connectivity index (χ2n) is 6.54. The van der Waals surface area contributed by atoms with E-state index in [2.05, 4.69) is 5.32 Å². The van der Waals surface area contributed by atoms with Crippen LogP contribution in [0.3, 0.4) is 0 Å². The quantitative estimate of drug-likeness (QED) is 0.815. The van der Waals surface area contributed by atoms with Crippen LogP contribution in [0.15, 0.2) is 0 Å². The summed E-state index contributed by atoms with van der Waals surface area (Å²) in [7, 11) is 0. The van der Waals surface area contributed by atoms with Crippen LogP contribution in [0.2, 0.25) is 0 Å². The maximum Gasteiger partial charge on any atom is 0.251 e. The van der Waals surface area contributed by atoms with Crippen LogP contribution in [-0.2, 0) is 14.3 Å². The molecule has 2 amide bonds. The molecule has 3 heterocycles. The summed E-state index contributed by atoms with van der Waals surface area (Å²) in [5.41, 5.74) is 0. The number of amides is 2. The van der Waals surface area contributed by atoms with E-state index < -0.39 is 0 Å². The minimum Gasteiger partial charge on any atom is -0.368 e. The summed E-state index contributed by atoms with van der Waals surface area (Å²) < 4.78 is 5.46. The lowest BCUT2D eigenvalue weighted by Crippen LogP contribution is -2.52. The normalized spacial score (nSPS) is 29.1. The van der Waals surface area contributed by atoms with Gasteiger partial charge < -0.3 is 19.9 Å². The van der Waals surface area contributed by atoms with Crippen LogP contribution < -0.4 is 5.32 Å². The van der Waals surface area contributed by atoms with Gasteiger partial charge >= 0.3 is 0 Å². The molecule has 3 aliphatic rings. The van der Waals surface area contributed by atoms with Gasteiger partial charge in [-0.2, -0.15) is 0 Å². The number of piperazine rings is 1. The van der Waals surface area contributed by atoms with Crippen molar-refractivity contribution in [2.24, 2.45) is 0 Å². The molecule has 0 spiro atoms. The first kappa shape index (κ1) is 15.7. The highest BCUT2D eigenvalue weighted by atomic mass is 16.5. The molecule has 0 aromatic rings. The number of ether oxygens (including phenoxy) is 1. The lowest BCUT2D eigenvalue weighted by molar-refractivity contribution is -0.146. The Hall–Kier alpha value is -1.14. The van der Waals surface area contributed by atoms with Crippen molar-refractivity contribution >= 4 is 11.8 Å². The third-order valence-electron chi connectivity index (χ3n) is 5.02. The summed E-state index contributed by atoms with van der Waals surface area (Å²) in [6.45, 7) is 4.40. The first-order valence-electron chi connectivity index (χ1n) is 8.65. The van der Waals surface area contributed by atoms with Crippen LogP contribution in [-0.4, -0.2) is 73.1 Å². The van der Waals surface area contributed by atoms with Gasteiger partial charge in [-0.05, 0) is 38.6 Å². The Morgan fingerprint density at radius 1 is 1.05 bits per heavy atom. The van der Waals surface area contributed by atoms with E-state index in [0.717, 1.165) is 25.8 Å². The molecular formula is C16H27N3O3. The molecule has 0 aliphatic carbocycles. The summed E-state index contributed by atoms with van der Waals surface area (Å²) in [6, 6.07) is 0.520. The fourth-order valence-electron chi connectivity index (χ4n) is 3.61. The van der Waals surface area contributed by atoms with Crippen molar-refractivity contribution in [3.05, 3.63) is 0 Å². The van der Waals surface area contributed by atoms with Crippen molar-refractivity contribution in [3.63, 3.8) is 0 Å². The molecule has 3 fully saturated rings. The average molecular weight is 309 g/mol. The van der Waals surface area contributed by atoms with Crippen LogP contribution in [0, 0.1) is 0 Å². The van der Waals surface area contributed by atoms with Gasteiger partial charge in [0.1, 0.15) is 6.10 Å². The average Bonchev–Trinajstić information content (AvgIpc) is 3.25. The van der Waals surface area contributed by atoms with Gasteiger partial charge in [0.05, 0.1) is 0 Å². The van der Waals surface area contributed by atoms with Crippen LogP contribution in [0.1, 0.15) is 38.5 Å². The maximum absolute atomic E-state index is 12.3. The molecule has 0 saturated carbocycles. The Balaban J connectivity index is 1.38. The van der Waals surface area contributed by atoms with Crippen LogP contribution in [0.4, 0.5) is 0 Å². The van der Waals surface area contributed by atoms with E-state index in [1.165, 1.54) is 12.8 Å². The number of nitrogens with zero attached hydrogens (tertiary/aromatic N) is 2. The van der Waals surface area contributed by atoms with E-state index in [4.69, 9.17) is 4.74 Å². The second-order valence-corrected chi connectivity index (χ2v) is 6.54. The zero-order chi connectivity index (χ0) is 15.4. The molecule has 1 N–H and O–H groups in total. The summed E-state index contributed by atoms with van der Waals surface area (Å²) in [5, 5.41) is 3.43. The molecule has 124 valence electrons. The number of carbonyl (C=O) groups is 2. The summed E-state index contributed by atoms with van der Waals surface area (Å²) in [6.07, 6.45) is 5.55. The zero-order valence-electron chi connectivity index (χ0n) is 13.3. The van der Waals surface area contributed by atoms with E-state index in [9.17, 15) is 9.59 Å². The SMILES string of the molecule is O=C(CCC1CCCN1)N1CCN(C(=O)C2CCCO2)CC1. The Morgan fingerprint density at radius 2 is 1.82 bits per heavy atom. The topological polar surface area (TPSA) is 61.9 Å². The summed E-state index contributed by atoms with van der Waals surface area (Å²) >= 11 is 0. The fraction of sp³-hybridized carbons (Fsp3) is 0.875. The van der Waals surface area contributed by atoms with Crippen molar-refractivity contribution in [1.82, 2.24) is 15.1 Å². The van der Waals surface area contributed by atoms with Gasteiger partial charge in [-0.1, -0.05) is 0 Å². The molecule has 2 atom stereocenters. The number of hydrogen-bond donors (Lipinski definition) is 1. The largest absolute Gasteiger partial charge is 0.368 e. The highest BCUT2D eigenvalue weighted by Crippen LogP contribution is 2.17. The van der Waals surface area contributed by atoms with Gasteiger partial charge in [-0.25, -0.2) is 0 Å². The molecule has 3 saturated heterocycles. The lowest BCUT2D eigenvalue weighted by atomic mass is 10.1. The van der Waals surface area contributed by atoms with E-state index >= 15 is 0 Å². The van der Waals surface area contributed by atoms with Gasteiger partial charge in [0.25, 0.3) is 5.91 Å². The number of nitrogens with one attached hydrogen (secondary N) is 1. The van der Waals surface area contributed by atoms with Crippen LogP contribution >= 0.6 is 0 Å². The Kier molecular flexibility index (Phi) is 5.31. The first-order chi connectivity index (χ1) is 10.7. The van der Waals surface area contributed by atoms with Gasteiger partial charge in [0, 0.05) is 45.2 Å². The molecule has 6 nitrogen and oxygen atoms in total. The highest BCUT2D eigenvalue weighted by Gasteiger charge is 2.31. The third-order valence-corrected chi connectivity index (χ3v) is 5.02. The maximum atomic E-state index is 12.3. The second kappa shape index (κ2) is 7.42. The summed E-state index contributed by atoms with van der Waals surface area (Å²) in [5.74, 6) is 0.345. The summed E-state index contributed by atoms with van der Waals surface area (Å²) in [4.78, 5) is 28.3. The molecule has 3 rings (SSSR count). The predicted octanol–water partition coefficient (Wildman–Crippen LogP) is 0.368. The fourth-order valence-corrected chi connectivity index (χ4v) is 3.61. The van der Waals surface area contributed by atoms with Crippen molar-refractivity contribution in [3.8, 4) is 0 Å². The lowest BCUT2D eigenvalue weighted by Gasteiger charge is -2.36. The Bertz CT molecular complexity index is 395. The number of carbonyl (C=O) groups excluding carboxylic acids is 2. The minimum atomic E-state index is -0.240. The molecule has 0 radical (unpaired) electrons. The molecule has 6 heteroatoms. The standard InChI is InChI=1S/C16H27N3O3/c20-15(6-5-13-3-1-7-17-13)18-8-10-19(11-9-18)16(21)14-4-2-12-22-14/h13-14,17H,1-12H2. The molecule has 0 bridgehead atoms. The smallest absolute Gasteiger partial charge is 0.251 e. The molecule has 3 aliphatic heterocycles. The molecular weight excluding hydrogens is 282 g/mol. The van der Waals surface area contributed by atoms with Crippen molar-refractivity contribution in [1.29, 1.82) is 0 Å². The third kappa shape index (κ3) is 3.79. The van der Waals surface area contributed by atoms with Crippen molar-refractivity contribution in [2.45, 2.75) is 50.7 Å². The van der Waals surface area contributed by atoms with Crippen molar-refractivity contribution < 1.29 is 14.3 Å². The monoisotopic (exact) mass is 309 g/mol. The highest BCUT2D eigenvalue weighted by molar-refractivity contribution is 5.82. The minimum absolute atomic E-state index is 0.111.